The van der Waals surface area contributed by atoms with Gasteiger partial charge >= 0.3 is 0 Å². The first kappa shape index (κ1) is 14.1. The first-order chi connectivity index (χ1) is 8.25. The zero-order chi connectivity index (χ0) is 11.8. The molecule has 0 spiro atoms. The van der Waals surface area contributed by atoms with Gasteiger partial charge < -0.3 is 10.6 Å². The lowest BCUT2D eigenvalue weighted by Crippen LogP contribution is -2.23. The van der Waals surface area contributed by atoms with E-state index in [9.17, 15) is 4.39 Å². The highest BCUT2D eigenvalue weighted by atomic mass is 35.5. The second-order valence-electron chi connectivity index (χ2n) is 5.03. The highest BCUT2D eigenvalue weighted by Crippen LogP contribution is 2.47. The molecule has 0 bridgehead atoms. The molecule has 2 atom stereocenters. The summed E-state index contributed by atoms with van der Waals surface area (Å²) in [6.07, 6.45) is 0. The molecule has 1 aliphatic carbocycles. The summed E-state index contributed by atoms with van der Waals surface area (Å²) in [5.41, 5.74) is 1.04. The van der Waals surface area contributed by atoms with Crippen LogP contribution in [0.2, 0.25) is 5.02 Å². The minimum atomic E-state index is -0.349. The van der Waals surface area contributed by atoms with Crippen molar-refractivity contribution < 1.29 is 4.39 Å². The predicted molar refractivity (Wildman–Crippen MR) is 73.7 cm³/mol. The fraction of sp³-hybridized carbons (Fsp3) is 0.538. The van der Waals surface area contributed by atoms with E-state index in [0.717, 1.165) is 36.4 Å². The molecule has 2 N–H and O–H groups in total. The van der Waals surface area contributed by atoms with Gasteiger partial charge in [0.05, 0.1) is 5.02 Å². The maximum atomic E-state index is 13.0. The van der Waals surface area contributed by atoms with Crippen LogP contribution >= 0.6 is 24.0 Å². The molecular formula is C13H17Cl2FN2. The number of hydrogen-bond acceptors (Lipinski definition) is 2. The van der Waals surface area contributed by atoms with Crippen LogP contribution in [-0.2, 0) is 6.54 Å². The number of nitrogens with one attached hydrogen (secondary N) is 2. The molecule has 1 aromatic carbocycles. The average Bonchev–Trinajstić information content (AvgIpc) is 2.75. The Morgan fingerprint density at radius 3 is 2.72 bits per heavy atom. The van der Waals surface area contributed by atoms with Gasteiger partial charge in [0.15, 0.2) is 0 Å². The van der Waals surface area contributed by atoms with Crippen molar-refractivity contribution in [1.82, 2.24) is 10.6 Å². The van der Waals surface area contributed by atoms with Crippen LogP contribution in [0.15, 0.2) is 18.2 Å². The Morgan fingerprint density at radius 1 is 1.33 bits per heavy atom. The number of hydrogen-bond donors (Lipinski definition) is 2. The maximum Gasteiger partial charge on any atom is 0.141 e. The Morgan fingerprint density at radius 2 is 2.06 bits per heavy atom. The maximum absolute atomic E-state index is 13.0. The van der Waals surface area contributed by atoms with Crippen molar-refractivity contribution >= 4 is 24.0 Å². The van der Waals surface area contributed by atoms with Crippen molar-refractivity contribution in [1.29, 1.82) is 0 Å². The van der Waals surface area contributed by atoms with Crippen molar-refractivity contribution in [3.63, 3.8) is 0 Å². The topological polar surface area (TPSA) is 24.1 Å². The van der Waals surface area contributed by atoms with Crippen molar-refractivity contribution in [3.05, 3.63) is 34.6 Å². The summed E-state index contributed by atoms with van der Waals surface area (Å²) in [5.74, 6) is 2.27. The zero-order valence-corrected chi connectivity index (χ0v) is 11.5. The molecule has 2 aliphatic rings. The van der Waals surface area contributed by atoms with Gasteiger partial charge in [-0.2, -0.15) is 0 Å². The third kappa shape index (κ3) is 2.80. The molecule has 0 radical (unpaired) electrons. The van der Waals surface area contributed by atoms with Gasteiger partial charge in [-0.05, 0) is 55.1 Å². The van der Waals surface area contributed by atoms with E-state index in [0.29, 0.717) is 0 Å². The van der Waals surface area contributed by atoms with E-state index in [-0.39, 0.29) is 23.2 Å². The molecule has 0 amide bonds. The molecule has 1 saturated carbocycles. The standard InChI is InChI=1S/C13H16ClFN2.ClH/c14-12-3-8(1-2-13(12)15)4-16-5-9-10-6-17-7-11(9)10;/h1-3,9-11,16-17H,4-7H2;1H. The first-order valence-electron chi connectivity index (χ1n) is 6.11. The van der Waals surface area contributed by atoms with E-state index in [4.69, 9.17) is 11.6 Å². The largest absolute Gasteiger partial charge is 0.316 e. The summed E-state index contributed by atoms with van der Waals surface area (Å²) in [6.45, 7) is 4.19. The van der Waals surface area contributed by atoms with Crippen LogP contribution in [0.25, 0.3) is 0 Å². The molecule has 5 heteroatoms. The summed E-state index contributed by atoms with van der Waals surface area (Å²) in [4.78, 5) is 0. The third-order valence-corrected chi connectivity index (χ3v) is 4.25. The van der Waals surface area contributed by atoms with Crippen molar-refractivity contribution in [3.8, 4) is 0 Å². The van der Waals surface area contributed by atoms with Gasteiger partial charge in [0.2, 0.25) is 0 Å². The lowest BCUT2D eigenvalue weighted by atomic mass is 10.2. The third-order valence-electron chi connectivity index (χ3n) is 3.96. The Labute approximate surface area is 118 Å². The summed E-state index contributed by atoms with van der Waals surface area (Å²) >= 11 is 5.73. The van der Waals surface area contributed by atoms with E-state index in [1.165, 1.54) is 19.2 Å². The Balaban J connectivity index is 0.00000120. The number of rotatable bonds is 4. The molecule has 1 heterocycles. The molecule has 1 aromatic rings. The smallest absolute Gasteiger partial charge is 0.141 e. The minimum Gasteiger partial charge on any atom is -0.316 e. The number of piperidine rings is 1. The molecule has 100 valence electrons. The molecule has 18 heavy (non-hydrogen) atoms. The molecule has 3 rings (SSSR count). The van der Waals surface area contributed by atoms with Gasteiger partial charge in [-0.1, -0.05) is 17.7 Å². The Kier molecular flexibility index (Phi) is 4.49. The first-order valence-corrected chi connectivity index (χ1v) is 6.49. The quantitative estimate of drug-likeness (QED) is 0.890. The fourth-order valence-corrected chi connectivity index (χ4v) is 3.09. The van der Waals surface area contributed by atoms with Crippen molar-refractivity contribution in [2.24, 2.45) is 17.8 Å². The van der Waals surface area contributed by atoms with Gasteiger partial charge in [-0.3, -0.25) is 0 Å². The fourth-order valence-electron chi connectivity index (χ4n) is 2.88. The zero-order valence-electron chi connectivity index (χ0n) is 9.96. The molecule has 0 aromatic heterocycles. The van der Waals surface area contributed by atoms with Gasteiger partial charge in [-0.25, -0.2) is 4.39 Å². The van der Waals surface area contributed by atoms with Crippen LogP contribution in [0, 0.1) is 23.6 Å². The van der Waals surface area contributed by atoms with Gasteiger partial charge in [-0.15, -0.1) is 12.4 Å². The Bertz CT molecular complexity index is 417. The highest BCUT2D eigenvalue weighted by molar-refractivity contribution is 6.30. The monoisotopic (exact) mass is 290 g/mol. The second kappa shape index (κ2) is 5.74. The van der Waals surface area contributed by atoms with Crippen LogP contribution in [-0.4, -0.2) is 19.6 Å². The average molecular weight is 291 g/mol. The molecule has 2 fully saturated rings. The molecule has 2 unspecified atom stereocenters. The molecule has 2 nitrogen and oxygen atoms in total. The Hall–Kier alpha value is -0.350. The van der Waals surface area contributed by atoms with Gasteiger partial charge in [0.1, 0.15) is 5.82 Å². The van der Waals surface area contributed by atoms with E-state index in [1.807, 2.05) is 0 Å². The molecule has 1 aliphatic heterocycles. The molecular weight excluding hydrogens is 274 g/mol. The van der Waals surface area contributed by atoms with E-state index < -0.39 is 0 Å². The predicted octanol–water partition coefficient (Wildman–Crippen LogP) is 2.46. The van der Waals surface area contributed by atoms with Crippen LogP contribution in [0.4, 0.5) is 4.39 Å². The number of fused-ring (bicyclic) bond motifs is 1. The summed E-state index contributed by atoms with van der Waals surface area (Å²) in [5, 5.41) is 7.02. The molecule has 1 saturated heterocycles. The SMILES string of the molecule is Cl.Fc1ccc(CNCC2C3CNCC23)cc1Cl. The summed E-state index contributed by atoms with van der Waals surface area (Å²) in [7, 11) is 0. The van der Waals surface area contributed by atoms with E-state index in [1.54, 1.807) is 12.1 Å². The van der Waals surface area contributed by atoms with Gasteiger partial charge in [0, 0.05) is 6.54 Å². The second-order valence-corrected chi connectivity index (χ2v) is 5.44. The number of halogens is 3. The van der Waals surface area contributed by atoms with Crippen LogP contribution in [0.1, 0.15) is 5.56 Å². The summed E-state index contributed by atoms with van der Waals surface area (Å²) < 4.78 is 13.0. The number of benzene rings is 1. The van der Waals surface area contributed by atoms with Crippen LogP contribution in [0.3, 0.4) is 0 Å². The summed E-state index contributed by atoms with van der Waals surface area (Å²) in [6, 6.07) is 4.90. The van der Waals surface area contributed by atoms with Crippen molar-refractivity contribution in [2.45, 2.75) is 6.54 Å². The van der Waals surface area contributed by atoms with Crippen molar-refractivity contribution in [2.75, 3.05) is 19.6 Å². The van der Waals surface area contributed by atoms with Gasteiger partial charge in [0.25, 0.3) is 0 Å². The van der Waals surface area contributed by atoms with Crippen LogP contribution < -0.4 is 10.6 Å². The highest BCUT2D eigenvalue weighted by Gasteiger charge is 2.51. The van der Waals surface area contributed by atoms with E-state index in [2.05, 4.69) is 10.6 Å². The normalized spacial score (nSPS) is 28.7. The lowest BCUT2D eigenvalue weighted by molar-refractivity contribution is 0.539. The van der Waals surface area contributed by atoms with Crippen LogP contribution in [0.5, 0.6) is 0 Å². The lowest BCUT2D eigenvalue weighted by Gasteiger charge is -2.07. The minimum absolute atomic E-state index is 0. The van der Waals surface area contributed by atoms with E-state index >= 15 is 0 Å².